The Bertz CT molecular complexity index is 650. The Morgan fingerprint density at radius 1 is 1.30 bits per heavy atom. The lowest BCUT2D eigenvalue weighted by atomic mass is 10.0. The number of hydrogen-bond donors (Lipinski definition) is 1. The monoisotopic (exact) mass is 315 g/mol. The van der Waals surface area contributed by atoms with E-state index in [0.717, 1.165) is 11.3 Å². The van der Waals surface area contributed by atoms with Crippen molar-refractivity contribution in [3.8, 4) is 0 Å². The number of aliphatic hydroxyl groups is 1. The normalized spacial score (nSPS) is 12.4. The molecule has 1 unspecified atom stereocenters. The fourth-order valence-electron chi connectivity index (χ4n) is 2.68. The molecule has 0 radical (unpaired) electrons. The molecule has 1 N–H and O–H groups in total. The molecule has 5 heteroatoms. The van der Waals surface area contributed by atoms with Crippen molar-refractivity contribution in [2.75, 3.05) is 13.7 Å². The van der Waals surface area contributed by atoms with Crippen molar-refractivity contribution >= 4 is 5.91 Å². The van der Waals surface area contributed by atoms with Gasteiger partial charge in [0.2, 0.25) is 0 Å². The summed E-state index contributed by atoms with van der Waals surface area (Å²) in [5.74, 6) is 0.185. The Balaban J connectivity index is 2.29. The zero-order valence-electron chi connectivity index (χ0n) is 14.2. The van der Waals surface area contributed by atoms with Crippen LogP contribution >= 0.6 is 0 Å². The molecule has 0 saturated carbocycles. The molecule has 124 valence electrons. The van der Waals surface area contributed by atoms with Crippen LogP contribution in [0.3, 0.4) is 0 Å². The van der Waals surface area contributed by atoms with Crippen molar-refractivity contribution in [3.63, 3.8) is 0 Å². The Hall–Kier alpha value is -2.14. The van der Waals surface area contributed by atoms with Gasteiger partial charge in [0.15, 0.2) is 0 Å². The van der Waals surface area contributed by atoms with Crippen molar-refractivity contribution in [1.82, 2.24) is 14.7 Å². The number of amides is 1. The Labute approximate surface area is 137 Å². The van der Waals surface area contributed by atoms with Gasteiger partial charge in [-0.2, -0.15) is 5.10 Å². The highest BCUT2D eigenvalue weighted by molar-refractivity contribution is 5.92. The predicted molar refractivity (Wildman–Crippen MR) is 90.3 cm³/mol. The second kappa shape index (κ2) is 7.42. The molecule has 0 aliphatic rings. The second-order valence-electron chi connectivity index (χ2n) is 6.09. The van der Waals surface area contributed by atoms with Gasteiger partial charge in [-0.25, -0.2) is 0 Å². The zero-order chi connectivity index (χ0) is 17.0. The van der Waals surface area contributed by atoms with Crippen molar-refractivity contribution in [1.29, 1.82) is 0 Å². The Morgan fingerprint density at radius 2 is 1.96 bits per heavy atom. The van der Waals surface area contributed by atoms with Crippen molar-refractivity contribution in [3.05, 3.63) is 53.3 Å². The number of nitrogens with zero attached hydrogens (tertiary/aromatic N) is 3. The van der Waals surface area contributed by atoms with Crippen LogP contribution in [-0.2, 0) is 7.05 Å². The van der Waals surface area contributed by atoms with Crippen LogP contribution in [0.15, 0.2) is 36.4 Å². The molecular weight excluding hydrogens is 290 g/mol. The largest absolute Gasteiger partial charge is 0.396 e. The molecule has 1 aromatic heterocycles. The fraction of sp³-hybridized carbons (Fsp3) is 0.444. The van der Waals surface area contributed by atoms with E-state index < -0.39 is 0 Å². The van der Waals surface area contributed by atoms with Gasteiger partial charge in [0.05, 0.1) is 11.7 Å². The Kier molecular flexibility index (Phi) is 5.55. The number of aryl methyl sites for hydroxylation is 1. The minimum atomic E-state index is -0.161. The van der Waals surface area contributed by atoms with E-state index in [9.17, 15) is 9.90 Å². The Morgan fingerprint density at radius 3 is 2.48 bits per heavy atom. The van der Waals surface area contributed by atoms with Gasteiger partial charge >= 0.3 is 0 Å². The standard InChI is InChI=1S/C18H25N3O2/c1-13(2)15-12-17(21(4)19-15)18(23)20(3)16(10-11-22)14-8-6-5-7-9-14/h5-9,12-13,16,22H,10-11H2,1-4H3. The van der Waals surface area contributed by atoms with E-state index in [0.29, 0.717) is 12.1 Å². The van der Waals surface area contributed by atoms with Gasteiger partial charge in [-0.05, 0) is 24.0 Å². The average Bonchev–Trinajstić information content (AvgIpc) is 2.94. The molecule has 2 aromatic rings. The number of benzene rings is 1. The summed E-state index contributed by atoms with van der Waals surface area (Å²) in [6.07, 6.45) is 0.501. The summed E-state index contributed by atoms with van der Waals surface area (Å²) in [5, 5.41) is 13.8. The molecule has 1 heterocycles. The lowest BCUT2D eigenvalue weighted by Crippen LogP contribution is -2.33. The number of carbonyl (C=O) groups is 1. The summed E-state index contributed by atoms with van der Waals surface area (Å²) in [6.45, 7) is 4.14. The molecule has 0 saturated heterocycles. The topological polar surface area (TPSA) is 58.4 Å². The minimum Gasteiger partial charge on any atom is -0.396 e. The summed E-state index contributed by atoms with van der Waals surface area (Å²) in [7, 11) is 3.56. The number of carbonyl (C=O) groups excluding carboxylic acids is 1. The number of aromatic nitrogens is 2. The van der Waals surface area contributed by atoms with Crippen LogP contribution in [0.25, 0.3) is 0 Å². The van der Waals surface area contributed by atoms with Crippen LogP contribution in [0.5, 0.6) is 0 Å². The van der Waals surface area contributed by atoms with Gasteiger partial charge in [-0.15, -0.1) is 0 Å². The van der Waals surface area contributed by atoms with Crippen molar-refractivity contribution < 1.29 is 9.90 Å². The molecule has 0 spiro atoms. The fourth-order valence-corrected chi connectivity index (χ4v) is 2.68. The maximum atomic E-state index is 12.9. The van der Waals surface area contributed by atoms with Gasteiger partial charge in [-0.3, -0.25) is 9.48 Å². The van der Waals surface area contributed by atoms with Crippen molar-refractivity contribution in [2.24, 2.45) is 7.05 Å². The summed E-state index contributed by atoms with van der Waals surface area (Å²) in [6, 6.07) is 11.5. The van der Waals surface area contributed by atoms with Crippen LogP contribution in [0.1, 0.15) is 54.0 Å². The van der Waals surface area contributed by atoms with E-state index in [1.165, 1.54) is 0 Å². The molecule has 2 rings (SSSR count). The first-order valence-corrected chi connectivity index (χ1v) is 7.92. The van der Waals surface area contributed by atoms with Crippen LogP contribution in [0.4, 0.5) is 0 Å². The third kappa shape index (κ3) is 3.79. The van der Waals surface area contributed by atoms with E-state index >= 15 is 0 Å². The first kappa shape index (κ1) is 17.2. The first-order valence-electron chi connectivity index (χ1n) is 7.92. The first-order chi connectivity index (χ1) is 11.0. The van der Waals surface area contributed by atoms with E-state index in [1.54, 1.807) is 23.7 Å². The van der Waals surface area contributed by atoms with Crippen LogP contribution in [0.2, 0.25) is 0 Å². The van der Waals surface area contributed by atoms with E-state index in [1.807, 2.05) is 36.4 Å². The molecule has 0 aliphatic heterocycles. The maximum Gasteiger partial charge on any atom is 0.272 e. The number of aliphatic hydroxyl groups excluding tert-OH is 1. The van der Waals surface area contributed by atoms with Gasteiger partial charge in [0.1, 0.15) is 5.69 Å². The summed E-state index contributed by atoms with van der Waals surface area (Å²) < 4.78 is 1.63. The SMILES string of the molecule is CC(C)c1cc(C(=O)N(C)C(CCO)c2ccccc2)n(C)n1. The molecule has 1 aromatic carbocycles. The smallest absolute Gasteiger partial charge is 0.272 e. The van der Waals surface area contributed by atoms with Crippen LogP contribution in [0, 0.1) is 0 Å². The second-order valence-corrected chi connectivity index (χ2v) is 6.09. The number of rotatable bonds is 6. The zero-order valence-corrected chi connectivity index (χ0v) is 14.2. The van der Waals surface area contributed by atoms with Crippen molar-refractivity contribution in [2.45, 2.75) is 32.2 Å². The molecule has 5 nitrogen and oxygen atoms in total. The lowest BCUT2D eigenvalue weighted by Gasteiger charge is -2.28. The van der Waals surface area contributed by atoms with Crippen LogP contribution < -0.4 is 0 Å². The quantitative estimate of drug-likeness (QED) is 0.891. The minimum absolute atomic E-state index is 0.0276. The molecule has 0 aliphatic carbocycles. The molecule has 23 heavy (non-hydrogen) atoms. The highest BCUT2D eigenvalue weighted by Crippen LogP contribution is 2.25. The van der Waals surface area contributed by atoms with E-state index in [4.69, 9.17) is 0 Å². The molecule has 1 atom stereocenters. The van der Waals surface area contributed by atoms with E-state index in [-0.39, 0.29) is 24.5 Å². The number of hydrogen-bond acceptors (Lipinski definition) is 3. The summed E-state index contributed by atoms with van der Waals surface area (Å²) >= 11 is 0. The molecule has 1 amide bonds. The highest BCUT2D eigenvalue weighted by atomic mass is 16.3. The third-order valence-electron chi connectivity index (χ3n) is 4.08. The van der Waals surface area contributed by atoms with Gasteiger partial charge < -0.3 is 10.0 Å². The lowest BCUT2D eigenvalue weighted by molar-refractivity contribution is 0.0694. The van der Waals surface area contributed by atoms with Gasteiger partial charge in [0.25, 0.3) is 5.91 Å². The maximum absolute atomic E-state index is 12.9. The summed E-state index contributed by atoms with van der Waals surface area (Å²) in [4.78, 5) is 14.6. The summed E-state index contributed by atoms with van der Waals surface area (Å²) in [5.41, 5.74) is 2.49. The van der Waals surface area contributed by atoms with Gasteiger partial charge in [-0.1, -0.05) is 44.2 Å². The molecular formula is C18H25N3O2. The third-order valence-corrected chi connectivity index (χ3v) is 4.08. The highest BCUT2D eigenvalue weighted by Gasteiger charge is 2.25. The average molecular weight is 315 g/mol. The molecule has 0 bridgehead atoms. The van der Waals surface area contributed by atoms with Crippen LogP contribution in [-0.4, -0.2) is 39.3 Å². The van der Waals surface area contributed by atoms with Gasteiger partial charge in [0, 0.05) is 20.7 Å². The predicted octanol–water partition coefficient (Wildman–Crippen LogP) is 2.74. The molecule has 0 fully saturated rings. The van der Waals surface area contributed by atoms with E-state index in [2.05, 4.69) is 18.9 Å².